The van der Waals surface area contributed by atoms with E-state index in [1.807, 2.05) is 6.07 Å². The fraction of sp³-hybridized carbons (Fsp3) is 0.133. The summed E-state index contributed by atoms with van der Waals surface area (Å²) in [5, 5.41) is 18.5. The second-order valence-electron chi connectivity index (χ2n) is 4.19. The molecule has 1 N–H and O–H groups in total. The van der Waals surface area contributed by atoms with Gasteiger partial charge in [-0.1, -0.05) is 12.1 Å². The van der Waals surface area contributed by atoms with Crippen LogP contribution in [0.25, 0.3) is 0 Å². The van der Waals surface area contributed by atoms with Crippen LogP contribution in [0.4, 0.5) is 8.78 Å². The first-order chi connectivity index (χ1) is 9.52. The highest BCUT2D eigenvalue weighted by molar-refractivity contribution is 5.45. The topological polar surface area (TPSA) is 53.2 Å². The summed E-state index contributed by atoms with van der Waals surface area (Å²) in [6.45, 7) is 1.51. The van der Waals surface area contributed by atoms with Gasteiger partial charge in [-0.3, -0.25) is 0 Å². The zero-order valence-electron chi connectivity index (χ0n) is 10.6. The summed E-state index contributed by atoms with van der Waals surface area (Å²) < 4.78 is 32.0. The minimum Gasteiger partial charge on any atom is -0.454 e. The fourth-order valence-corrected chi connectivity index (χ4v) is 1.72. The molecule has 0 spiro atoms. The van der Waals surface area contributed by atoms with Crippen LogP contribution in [0.3, 0.4) is 0 Å². The normalized spacial score (nSPS) is 11.8. The molecule has 0 unspecified atom stereocenters. The van der Waals surface area contributed by atoms with E-state index in [1.54, 1.807) is 0 Å². The molecule has 0 aromatic heterocycles. The van der Waals surface area contributed by atoms with E-state index in [9.17, 15) is 13.9 Å². The Morgan fingerprint density at radius 2 is 1.95 bits per heavy atom. The van der Waals surface area contributed by atoms with E-state index in [0.717, 1.165) is 6.07 Å². The van der Waals surface area contributed by atoms with Crippen LogP contribution in [0.15, 0.2) is 36.4 Å². The number of ether oxygens (including phenoxy) is 1. The Balaban J connectivity index is 2.46. The van der Waals surface area contributed by atoms with Crippen LogP contribution in [-0.2, 0) is 0 Å². The molecule has 0 saturated carbocycles. The van der Waals surface area contributed by atoms with Crippen LogP contribution in [0.5, 0.6) is 11.5 Å². The summed E-state index contributed by atoms with van der Waals surface area (Å²) >= 11 is 0. The standard InChI is InChI=1S/C15H11F2NO2/c1-9(19)11-6-5-10(8-18)7-14(11)20-13-4-2-3-12(16)15(13)17/h2-7,9,19H,1H3/t9-/m0/s1. The van der Waals surface area contributed by atoms with Crippen molar-refractivity contribution in [3.63, 3.8) is 0 Å². The molecule has 102 valence electrons. The van der Waals surface area contributed by atoms with Crippen molar-refractivity contribution in [3.8, 4) is 17.6 Å². The van der Waals surface area contributed by atoms with Crippen molar-refractivity contribution in [1.29, 1.82) is 5.26 Å². The number of nitriles is 1. The highest BCUT2D eigenvalue weighted by Gasteiger charge is 2.15. The van der Waals surface area contributed by atoms with Gasteiger partial charge in [-0.05, 0) is 31.2 Å². The van der Waals surface area contributed by atoms with Gasteiger partial charge in [0.15, 0.2) is 11.6 Å². The number of benzene rings is 2. The Bertz CT molecular complexity index is 678. The molecule has 2 rings (SSSR count). The maximum absolute atomic E-state index is 13.6. The number of hydrogen-bond donors (Lipinski definition) is 1. The summed E-state index contributed by atoms with van der Waals surface area (Å²) in [6.07, 6.45) is -0.866. The molecule has 0 saturated heterocycles. The van der Waals surface area contributed by atoms with E-state index in [2.05, 4.69) is 0 Å². The van der Waals surface area contributed by atoms with E-state index in [-0.39, 0.29) is 11.5 Å². The summed E-state index contributed by atoms with van der Waals surface area (Å²) in [7, 11) is 0. The molecule has 0 aliphatic heterocycles. The third kappa shape index (κ3) is 2.76. The van der Waals surface area contributed by atoms with Crippen molar-refractivity contribution in [3.05, 3.63) is 59.2 Å². The van der Waals surface area contributed by atoms with Gasteiger partial charge in [0.2, 0.25) is 5.82 Å². The largest absolute Gasteiger partial charge is 0.454 e. The van der Waals surface area contributed by atoms with Crippen molar-refractivity contribution < 1.29 is 18.6 Å². The zero-order valence-corrected chi connectivity index (χ0v) is 10.6. The minimum absolute atomic E-state index is 0.114. The van der Waals surface area contributed by atoms with E-state index in [0.29, 0.717) is 11.1 Å². The second kappa shape index (κ2) is 5.68. The lowest BCUT2D eigenvalue weighted by atomic mass is 10.1. The van der Waals surface area contributed by atoms with Crippen molar-refractivity contribution >= 4 is 0 Å². The monoisotopic (exact) mass is 275 g/mol. The average molecular weight is 275 g/mol. The second-order valence-corrected chi connectivity index (χ2v) is 4.19. The number of aliphatic hydroxyl groups is 1. The van der Waals surface area contributed by atoms with E-state index >= 15 is 0 Å². The van der Waals surface area contributed by atoms with Gasteiger partial charge in [-0.15, -0.1) is 0 Å². The Morgan fingerprint density at radius 1 is 1.20 bits per heavy atom. The molecule has 0 heterocycles. The van der Waals surface area contributed by atoms with E-state index < -0.39 is 17.7 Å². The molecule has 2 aromatic rings. The van der Waals surface area contributed by atoms with Crippen molar-refractivity contribution in [2.24, 2.45) is 0 Å². The number of hydrogen-bond acceptors (Lipinski definition) is 3. The molecule has 5 heteroatoms. The Morgan fingerprint density at radius 3 is 2.60 bits per heavy atom. The Kier molecular flexibility index (Phi) is 3.97. The molecule has 20 heavy (non-hydrogen) atoms. The number of halogens is 2. The third-order valence-corrected chi connectivity index (χ3v) is 2.73. The number of nitrogens with zero attached hydrogens (tertiary/aromatic N) is 1. The van der Waals surface area contributed by atoms with Crippen LogP contribution >= 0.6 is 0 Å². The predicted molar refractivity (Wildman–Crippen MR) is 68.2 cm³/mol. The van der Waals surface area contributed by atoms with Crippen LogP contribution in [0.2, 0.25) is 0 Å². The maximum Gasteiger partial charge on any atom is 0.201 e. The molecule has 3 nitrogen and oxygen atoms in total. The quantitative estimate of drug-likeness (QED) is 0.929. The van der Waals surface area contributed by atoms with Gasteiger partial charge in [-0.25, -0.2) is 4.39 Å². The molecule has 0 aliphatic rings. The van der Waals surface area contributed by atoms with Crippen LogP contribution in [0, 0.1) is 23.0 Å². The summed E-state index contributed by atoms with van der Waals surface area (Å²) in [4.78, 5) is 0. The maximum atomic E-state index is 13.6. The molecule has 1 atom stereocenters. The fourth-order valence-electron chi connectivity index (χ4n) is 1.72. The van der Waals surface area contributed by atoms with Gasteiger partial charge in [0.25, 0.3) is 0 Å². The van der Waals surface area contributed by atoms with Gasteiger partial charge >= 0.3 is 0 Å². The molecular weight excluding hydrogens is 264 g/mol. The zero-order chi connectivity index (χ0) is 14.7. The molecular formula is C15H11F2NO2. The number of aliphatic hydroxyl groups excluding tert-OH is 1. The predicted octanol–water partition coefficient (Wildman–Crippen LogP) is 3.68. The Hall–Kier alpha value is -2.45. The lowest BCUT2D eigenvalue weighted by Crippen LogP contribution is -1.98. The van der Waals surface area contributed by atoms with E-state index in [1.165, 1.54) is 37.3 Å². The van der Waals surface area contributed by atoms with Crippen molar-refractivity contribution in [1.82, 2.24) is 0 Å². The molecule has 0 bridgehead atoms. The highest BCUT2D eigenvalue weighted by Crippen LogP contribution is 2.32. The summed E-state index contributed by atoms with van der Waals surface area (Å²) in [5.41, 5.74) is 0.675. The van der Waals surface area contributed by atoms with Gasteiger partial charge < -0.3 is 9.84 Å². The van der Waals surface area contributed by atoms with E-state index in [4.69, 9.17) is 10.00 Å². The van der Waals surface area contributed by atoms with Gasteiger partial charge in [0, 0.05) is 5.56 Å². The van der Waals surface area contributed by atoms with Crippen LogP contribution in [-0.4, -0.2) is 5.11 Å². The van der Waals surface area contributed by atoms with Gasteiger partial charge in [-0.2, -0.15) is 9.65 Å². The molecule has 0 fully saturated rings. The molecule has 0 aliphatic carbocycles. The van der Waals surface area contributed by atoms with Crippen LogP contribution in [0.1, 0.15) is 24.2 Å². The Labute approximate surface area is 114 Å². The summed E-state index contributed by atoms with van der Waals surface area (Å²) in [5.74, 6) is -2.34. The third-order valence-electron chi connectivity index (χ3n) is 2.73. The van der Waals surface area contributed by atoms with Gasteiger partial charge in [0.05, 0.1) is 17.7 Å². The lowest BCUT2D eigenvalue weighted by molar-refractivity contribution is 0.195. The molecule has 0 radical (unpaired) electrons. The minimum atomic E-state index is -1.12. The summed E-state index contributed by atoms with van der Waals surface area (Å²) in [6, 6.07) is 9.86. The first kappa shape index (κ1) is 14.0. The lowest BCUT2D eigenvalue weighted by Gasteiger charge is -2.14. The molecule has 0 amide bonds. The number of rotatable bonds is 3. The first-order valence-corrected chi connectivity index (χ1v) is 5.87. The van der Waals surface area contributed by atoms with Gasteiger partial charge in [0.1, 0.15) is 5.75 Å². The SMILES string of the molecule is C[C@H](O)c1ccc(C#N)cc1Oc1cccc(F)c1F. The van der Waals surface area contributed by atoms with Crippen LogP contribution < -0.4 is 4.74 Å². The smallest absolute Gasteiger partial charge is 0.201 e. The van der Waals surface area contributed by atoms with Crippen molar-refractivity contribution in [2.75, 3.05) is 0 Å². The average Bonchev–Trinajstić information content (AvgIpc) is 2.43. The van der Waals surface area contributed by atoms with Crippen molar-refractivity contribution in [2.45, 2.75) is 13.0 Å². The first-order valence-electron chi connectivity index (χ1n) is 5.87. The molecule has 2 aromatic carbocycles. The highest BCUT2D eigenvalue weighted by atomic mass is 19.2.